The molecule has 1 aliphatic rings. The van der Waals surface area contributed by atoms with E-state index in [9.17, 15) is 9.90 Å². The second-order valence-electron chi connectivity index (χ2n) is 4.50. The molecule has 1 aromatic rings. The number of aliphatic hydroxyl groups is 1. The Labute approximate surface area is 109 Å². The fourth-order valence-electron chi connectivity index (χ4n) is 2.19. The molecular weight excluding hydrogens is 282 g/mol. The van der Waals surface area contributed by atoms with Gasteiger partial charge in [-0.05, 0) is 43.9 Å². The molecule has 2 atom stereocenters. The molecule has 0 saturated heterocycles. The van der Waals surface area contributed by atoms with Gasteiger partial charge in [-0.1, -0.05) is 22.0 Å². The van der Waals surface area contributed by atoms with Crippen LogP contribution in [-0.4, -0.2) is 23.2 Å². The summed E-state index contributed by atoms with van der Waals surface area (Å²) in [6.45, 7) is 0. The van der Waals surface area contributed by atoms with Gasteiger partial charge in [0.25, 0.3) is 5.91 Å². The molecule has 0 spiro atoms. The van der Waals surface area contributed by atoms with E-state index in [1.807, 2.05) is 12.1 Å². The van der Waals surface area contributed by atoms with Crippen molar-refractivity contribution in [2.75, 3.05) is 0 Å². The lowest BCUT2D eigenvalue weighted by atomic mass is 9.93. The van der Waals surface area contributed by atoms with Crippen LogP contribution >= 0.6 is 15.9 Å². The highest BCUT2D eigenvalue weighted by Gasteiger charge is 2.21. The molecule has 1 saturated carbocycles. The first kappa shape index (κ1) is 12.6. The van der Waals surface area contributed by atoms with E-state index in [4.69, 9.17) is 0 Å². The molecule has 4 heteroatoms. The van der Waals surface area contributed by atoms with Crippen LogP contribution < -0.4 is 5.32 Å². The maximum absolute atomic E-state index is 12.0. The van der Waals surface area contributed by atoms with Crippen molar-refractivity contribution >= 4 is 21.8 Å². The molecule has 0 aliphatic heterocycles. The fraction of sp³-hybridized carbons (Fsp3) is 0.462. The van der Waals surface area contributed by atoms with Crippen LogP contribution in [0.1, 0.15) is 36.0 Å². The minimum Gasteiger partial charge on any atom is -0.393 e. The molecule has 2 N–H and O–H groups in total. The summed E-state index contributed by atoms with van der Waals surface area (Å²) >= 11 is 3.35. The van der Waals surface area contributed by atoms with E-state index in [1.165, 1.54) is 0 Å². The summed E-state index contributed by atoms with van der Waals surface area (Å²) in [5.74, 6) is -0.0644. The van der Waals surface area contributed by atoms with Crippen molar-refractivity contribution in [3.63, 3.8) is 0 Å². The second-order valence-corrected chi connectivity index (χ2v) is 5.42. The highest BCUT2D eigenvalue weighted by molar-refractivity contribution is 9.10. The predicted octanol–water partition coefficient (Wildman–Crippen LogP) is 2.48. The molecule has 17 heavy (non-hydrogen) atoms. The number of benzene rings is 1. The van der Waals surface area contributed by atoms with E-state index in [0.717, 1.165) is 23.7 Å². The molecule has 0 aromatic heterocycles. The minimum atomic E-state index is -0.267. The molecule has 0 unspecified atom stereocenters. The van der Waals surface area contributed by atoms with E-state index in [2.05, 4.69) is 21.2 Å². The topological polar surface area (TPSA) is 49.3 Å². The third-order valence-corrected chi connectivity index (χ3v) is 3.56. The van der Waals surface area contributed by atoms with E-state index >= 15 is 0 Å². The van der Waals surface area contributed by atoms with Crippen LogP contribution in [0.15, 0.2) is 28.7 Å². The third-order valence-electron chi connectivity index (χ3n) is 3.07. The zero-order chi connectivity index (χ0) is 12.3. The zero-order valence-corrected chi connectivity index (χ0v) is 11.1. The summed E-state index contributed by atoms with van der Waals surface area (Å²) in [7, 11) is 0. The maximum atomic E-state index is 12.0. The average molecular weight is 298 g/mol. The van der Waals surface area contributed by atoms with Gasteiger partial charge in [0.05, 0.1) is 6.10 Å². The van der Waals surface area contributed by atoms with Gasteiger partial charge in [0.15, 0.2) is 0 Å². The molecule has 0 bridgehead atoms. The fourth-order valence-corrected chi connectivity index (χ4v) is 2.59. The van der Waals surface area contributed by atoms with Crippen LogP contribution in [0.3, 0.4) is 0 Å². The molecule has 1 aliphatic carbocycles. The van der Waals surface area contributed by atoms with Crippen LogP contribution in [0.25, 0.3) is 0 Å². The highest BCUT2D eigenvalue weighted by Crippen LogP contribution is 2.19. The summed E-state index contributed by atoms with van der Waals surface area (Å²) in [5, 5.41) is 12.5. The quantitative estimate of drug-likeness (QED) is 0.881. The Morgan fingerprint density at radius 1 is 1.41 bits per heavy atom. The number of hydrogen-bond acceptors (Lipinski definition) is 2. The van der Waals surface area contributed by atoms with Crippen LogP contribution in [-0.2, 0) is 0 Å². The van der Waals surface area contributed by atoms with Gasteiger partial charge >= 0.3 is 0 Å². The monoisotopic (exact) mass is 297 g/mol. The smallest absolute Gasteiger partial charge is 0.251 e. The van der Waals surface area contributed by atoms with Gasteiger partial charge in [0, 0.05) is 16.1 Å². The van der Waals surface area contributed by atoms with Crippen LogP contribution in [0.2, 0.25) is 0 Å². The maximum Gasteiger partial charge on any atom is 0.251 e. The number of nitrogens with one attached hydrogen (secondary N) is 1. The lowest BCUT2D eigenvalue weighted by Crippen LogP contribution is -2.39. The number of carbonyl (C=O) groups is 1. The molecule has 1 aromatic carbocycles. The number of rotatable bonds is 2. The Hall–Kier alpha value is -0.870. The summed E-state index contributed by atoms with van der Waals surface area (Å²) in [6.07, 6.45) is 3.18. The molecule has 1 fully saturated rings. The number of halogens is 1. The second kappa shape index (κ2) is 5.65. The number of amides is 1. The zero-order valence-electron chi connectivity index (χ0n) is 9.53. The SMILES string of the molecule is O=C(N[C@@H]1CCC[C@H](O)C1)c1cccc(Br)c1. The largest absolute Gasteiger partial charge is 0.393 e. The van der Waals surface area contributed by atoms with Crippen molar-refractivity contribution in [2.24, 2.45) is 0 Å². The van der Waals surface area contributed by atoms with E-state index in [1.54, 1.807) is 12.1 Å². The summed E-state index contributed by atoms with van der Waals surface area (Å²) < 4.78 is 0.897. The van der Waals surface area contributed by atoms with Crippen LogP contribution in [0.5, 0.6) is 0 Å². The molecule has 3 nitrogen and oxygen atoms in total. The van der Waals surface area contributed by atoms with Crippen molar-refractivity contribution in [3.05, 3.63) is 34.3 Å². The van der Waals surface area contributed by atoms with Crippen molar-refractivity contribution in [3.8, 4) is 0 Å². The standard InChI is InChI=1S/C13H16BrNO2/c14-10-4-1-3-9(7-10)13(17)15-11-5-2-6-12(16)8-11/h1,3-4,7,11-12,16H,2,5-6,8H2,(H,15,17)/t11-,12+/m1/s1. The molecule has 2 rings (SSSR count). The van der Waals surface area contributed by atoms with Gasteiger partial charge in [-0.2, -0.15) is 0 Å². The average Bonchev–Trinajstić information content (AvgIpc) is 2.29. The minimum absolute atomic E-state index is 0.0644. The molecule has 1 amide bonds. The van der Waals surface area contributed by atoms with Crippen molar-refractivity contribution < 1.29 is 9.90 Å². The van der Waals surface area contributed by atoms with Crippen LogP contribution in [0, 0.1) is 0 Å². The summed E-state index contributed by atoms with van der Waals surface area (Å²) in [4.78, 5) is 12.0. The molecule has 0 radical (unpaired) electrons. The molecule has 92 valence electrons. The van der Waals surface area contributed by atoms with E-state index in [0.29, 0.717) is 12.0 Å². The van der Waals surface area contributed by atoms with Gasteiger partial charge in [-0.25, -0.2) is 0 Å². The number of aliphatic hydroxyl groups excluding tert-OH is 1. The van der Waals surface area contributed by atoms with Crippen molar-refractivity contribution in [1.82, 2.24) is 5.32 Å². The Balaban J connectivity index is 1.97. The lowest BCUT2D eigenvalue weighted by Gasteiger charge is -2.26. The molecule has 0 heterocycles. The Morgan fingerprint density at radius 2 is 2.24 bits per heavy atom. The first-order valence-electron chi connectivity index (χ1n) is 5.89. The highest BCUT2D eigenvalue weighted by atomic mass is 79.9. The lowest BCUT2D eigenvalue weighted by molar-refractivity contribution is 0.0850. The van der Waals surface area contributed by atoms with Gasteiger partial charge < -0.3 is 10.4 Å². The van der Waals surface area contributed by atoms with E-state index in [-0.39, 0.29) is 18.1 Å². The Bertz CT molecular complexity index is 408. The predicted molar refractivity (Wildman–Crippen MR) is 69.9 cm³/mol. The number of hydrogen-bond donors (Lipinski definition) is 2. The normalized spacial score (nSPS) is 24.4. The summed E-state index contributed by atoms with van der Waals surface area (Å²) in [5.41, 5.74) is 0.652. The van der Waals surface area contributed by atoms with Gasteiger partial charge in [-0.3, -0.25) is 4.79 Å². The Morgan fingerprint density at radius 3 is 2.94 bits per heavy atom. The first-order valence-corrected chi connectivity index (χ1v) is 6.69. The van der Waals surface area contributed by atoms with Gasteiger partial charge in [0.1, 0.15) is 0 Å². The first-order chi connectivity index (χ1) is 8.15. The van der Waals surface area contributed by atoms with Crippen molar-refractivity contribution in [1.29, 1.82) is 0 Å². The molecular formula is C13H16BrNO2. The van der Waals surface area contributed by atoms with Crippen LogP contribution in [0.4, 0.5) is 0 Å². The van der Waals surface area contributed by atoms with Gasteiger partial charge in [-0.15, -0.1) is 0 Å². The van der Waals surface area contributed by atoms with E-state index < -0.39 is 0 Å². The Kier molecular flexibility index (Phi) is 4.18. The van der Waals surface area contributed by atoms with Gasteiger partial charge in [0.2, 0.25) is 0 Å². The summed E-state index contributed by atoms with van der Waals surface area (Å²) in [6, 6.07) is 7.43. The van der Waals surface area contributed by atoms with Crippen molar-refractivity contribution in [2.45, 2.75) is 37.8 Å². The third kappa shape index (κ3) is 3.54. The number of carbonyl (C=O) groups excluding carboxylic acids is 1.